The molecule has 1 amide bonds. The second-order valence-electron chi connectivity index (χ2n) is 6.32. The second kappa shape index (κ2) is 10.2. The van der Waals surface area contributed by atoms with Crippen LogP contribution in [0.15, 0.2) is 87.4 Å². The fraction of sp³-hybridized carbons (Fsp3) is 0.0435. The van der Waals surface area contributed by atoms with Gasteiger partial charge in [0.15, 0.2) is 0 Å². The third-order valence-corrected chi connectivity index (χ3v) is 5.22. The molecule has 0 saturated carbocycles. The molecular weight excluding hydrogens is 514 g/mol. The summed E-state index contributed by atoms with van der Waals surface area (Å²) in [6, 6.07) is 21.6. The average molecular weight is 531 g/mol. The maximum Gasteiger partial charge on any atom is 0.352 e. The van der Waals surface area contributed by atoms with Gasteiger partial charge in [0.25, 0.3) is 0 Å². The summed E-state index contributed by atoms with van der Waals surface area (Å²) in [5.41, 5.74) is 1.21. The quantitative estimate of drug-likeness (QED) is 0.379. The highest BCUT2D eigenvalue weighted by Crippen LogP contribution is 2.29. The van der Waals surface area contributed by atoms with Crippen LogP contribution < -0.4 is 10.1 Å². The predicted molar refractivity (Wildman–Crippen MR) is 122 cm³/mol. The molecule has 0 atom stereocenters. The zero-order valence-electron chi connectivity index (χ0n) is 15.6. The maximum absolute atomic E-state index is 12.2. The molecular formula is C23H17Br2NO4. The summed E-state index contributed by atoms with van der Waals surface area (Å²) in [5.74, 6) is -0.338. The number of nitrogens with one attached hydrogen (secondary N) is 1. The Morgan fingerprint density at radius 1 is 0.933 bits per heavy atom. The van der Waals surface area contributed by atoms with E-state index in [1.165, 1.54) is 6.08 Å². The normalized spacial score (nSPS) is 11.1. The summed E-state index contributed by atoms with van der Waals surface area (Å²) in [4.78, 5) is 23.8. The van der Waals surface area contributed by atoms with E-state index in [1.54, 1.807) is 36.4 Å². The Bertz CT molecular complexity index is 1080. The van der Waals surface area contributed by atoms with E-state index in [0.717, 1.165) is 14.5 Å². The number of aliphatic carboxylic acids is 1. The first kappa shape index (κ1) is 21.8. The van der Waals surface area contributed by atoms with Crippen LogP contribution in [0.4, 0.5) is 0 Å². The van der Waals surface area contributed by atoms with Crippen LogP contribution in [0.1, 0.15) is 11.1 Å². The Kier molecular flexibility index (Phi) is 7.43. The number of para-hydroxylation sites is 1. The number of carbonyl (C=O) groups is 2. The van der Waals surface area contributed by atoms with Crippen molar-refractivity contribution in [3.8, 4) is 11.5 Å². The van der Waals surface area contributed by atoms with Crippen molar-refractivity contribution in [3.05, 3.63) is 98.6 Å². The number of hydrogen-bond acceptors (Lipinski definition) is 3. The van der Waals surface area contributed by atoms with Crippen LogP contribution in [0, 0.1) is 0 Å². The van der Waals surface area contributed by atoms with Gasteiger partial charge in [-0.15, -0.1) is 0 Å². The Hall–Kier alpha value is -2.90. The van der Waals surface area contributed by atoms with Crippen molar-refractivity contribution in [1.82, 2.24) is 5.32 Å². The fourth-order valence-electron chi connectivity index (χ4n) is 2.59. The zero-order chi connectivity index (χ0) is 21.5. The number of ether oxygens (including phenoxy) is 1. The van der Waals surface area contributed by atoms with Crippen molar-refractivity contribution in [1.29, 1.82) is 0 Å². The molecule has 152 valence electrons. The molecule has 3 aromatic rings. The van der Waals surface area contributed by atoms with E-state index in [4.69, 9.17) is 4.74 Å². The summed E-state index contributed by atoms with van der Waals surface area (Å²) in [6.07, 6.45) is 1.49. The molecule has 0 unspecified atom stereocenters. The van der Waals surface area contributed by atoms with Crippen LogP contribution >= 0.6 is 31.9 Å². The number of hydrogen-bond donors (Lipinski definition) is 2. The van der Waals surface area contributed by atoms with Gasteiger partial charge in [0.2, 0.25) is 5.91 Å². The molecule has 7 heteroatoms. The highest BCUT2D eigenvalue weighted by molar-refractivity contribution is 9.10. The molecule has 3 rings (SSSR count). The first-order valence-electron chi connectivity index (χ1n) is 8.92. The molecule has 0 aliphatic rings. The smallest absolute Gasteiger partial charge is 0.352 e. The van der Waals surface area contributed by atoms with Gasteiger partial charge >= 0.3 is 5.97 Å². The molecule has 0 aliphatic heterocycles. The van der Waals surface area contributed by atoms with E-state index in [1.807, 2.05) is 36.4 Å². The van der Waals surface area contributed by atoms with Crippen LogP contribution in [-0.4, -0.2) is 17.0 Å². The van der Waals surface area contributed by atoms with Gasteiger partial charge in [0.05, 0.1) is 10.9 Å². The lowest BCUT2D eigenvalue weighted by Gasteiger charge is -2.09. The molecule has 0 saturated heterocycles. The lowest BCUT2D eigenvalue weighted by molar-refractivity contribution is -0.134. The summed E-state index contributed by atoms with van der Waals surface area (Å²) in [7, 11) is 0. The van der Waals surface area contributed by atoms with Gasteiger partial charge < -0.3 is 15.2 Å². The summed E-state index contributed by atoms with van der Waals surface area (Å²) >= 11 is 6.76. The van der Waals surface area contributed by atoms with Crippen LogP contribution in [0.5, 0.6) is 11.5 Å². The molecule has 0 heterocycles. The number of carboxylic acid groups (broad SMARTS) is 1. The van der Waals surface area contributed by atoms with E-state index in [-0.39, 0.29) is 12.1 Å². The Morgan fingerprint density at radius 2 is 1.60 bits per heavy atom. The van der Waals surface area contributed by atoms with Crippen molar-refractivity contribution < 1.29 is 19.4 Å². The minimum absolute atomic E-state index is 0.0800. The van der Waals surface area contributed by atoms with E-state index in [9.17, 15) is 14.7 Å². The van der Waals surface area contributed by atoms with Crippen molar-refractivity contribution in [2.45, 2.75) is 6.42 Å². The number of carbonyl (C=O) groups excluding carboxylic acids is 1. The third-order valence-electron chi connectivity index (χ3n) is 4.04. The van der Waals surface area contributed by atoms with Gasteiger partial charge in [-0.05, 0) is 69.5 Å². The highest BCUT2D eigenvalue weighted by atomic mass is 79.9. The van der Waals surface area contributed by atoms with Gasteiger partial charge in [-0.3, -0.25) is 4.79 Å². The minimum Gasteiger partial charge on any atom is -0.477 e. The highest BCUT2D eigenvalue weighted by Gasteiger charge is 2.12. The van der Waals surface area contributed by atoms with Gasteiger partial charge in [-0.1, -0.05) is 52.3 Å². The van der Waals surface area contributed by atoms with Crippen LogP contribution in [0.2, 0.25) is 0 Å². The zero-order valence-corrected chi connectivity index (χ0v) is 18.8. The standard InChI is InChI=1S/C23H17Br2NO4/c24-17-9-5-16(6-10-17)14-22(27)26-20(23(28)29)13-15-7-11-18(12-8-15)30-21-4-2-1-3-19(21)25/h1-13H,14H2,(H,26,27)(H,28,29)/b20-13-. The summed E-state index contributed by atoms with van der Waals surface area (Å²) < 4.78 is 7.54. The monoisotopic (exact) mass is 529 g/mol. The van der Waals surface area contributed by atoms with Crippen LogP contribution in [0.25, 0.3) is 6.08 Å². The van der Waals surface area contributed by atoms with Gasteiger partial charge in [-0.25, -0.2) is 4.79 Å². The number of carboxylic acids is 1. The van der Waals surface area contributed by atoms with Crippen molar-refractivity contribution in [3.63, 3.8) is 0 Å². The number of halogens is 2. The van der Waals surface area contributed by atoms with Gasteiger partial charge in [0, 0.05) is 4.47 Å². The SMILES string of the molecule is O=C(Cc1ccc(Br)cc1)N/C(=C\c1ccc(Oc2ccccc2Br)cc1)C(=O)O. The Labute approximate surface area is 190 Å². The molecule has 30 heavy (non-hydrogen) atoms. The fourth-order valence-corrected chi connectivity index (χ4v) is 3.22. The number of amides is 1. The van der Waals surface area contributed by atoms with Gasteiger partial charge in [0.1, 0.15) is 17.2 Å². The molecule has 5 nitrogen and oxygen atoms in total. The Morgan fingerprint density at radius 3 is 2.23 bits per heavy atom. The van der Waals surface area contributed by atoms with Gasteiger partial charge in [-0.2, -0.15) is 0 Å². The van der Waals surface area contributed by atoms with Crippen LogP contribution in [0.3, 0.4) is 0 Å². The summed E-state index contributed by atoms with van der Waals surface area (Å²) in [6.45, 7) is 0. The van der Waals surface area contributed by atoms with E-state index >= 15 is 0 Å². The van der Waals surface area contributed by atoms with E-state index < -0.39 is 11.9 Å². The molecule has 2 N–H and O–H groups in total. The number of benzene rings is 3. The average Bonchev–Trinajstić information content (AvgIpc) is 2.72. The molecule has 0 aromatic heterocycles. The molecule has 0 spiro atoms. The Balaban J connectivity index is 1.68. The third kappa shape index (κ3) is 6.30. The first-order valence-corrected chi connectivity index (χ1v) is 10.5. The molecule has 0 aliphatic carbocycles. The topological polar surface area (TPSA) is 75.6 Å². The number of rotatable bonds is 7. The molecule has 0 fully saturated rings. The minimum atomic E-state index is -1.22. The lowest BCUT2D eigenvalue weighted by Crippen LogP contribution is -2.28. The van der Waals surface area contributed by atoms with E-state index in [0.29, 0.717) is 17.1 Å². The van der Waals surface area contributed by atoms with Crippen molar-refractivity contribution in [2.24, 2.45) is 0 Å². The van der Waals surface area contributed by atoms with Crippen molar-refractivity contribution >= 4 is 49.8 Å². The molecule has 0 bridgehead atoms. The van der Waals surface area contributed by atoms with Crippen LogP contribution in [-0.2, 0) is 16.0 Å². The first-order chi connectivity index (χ1) is 14.4. The largest absolute Gasteiger partial charge is 0.477 e. The van der Waals surface area contributed by atoms with Crippen molar-refractivity contribution in [2.75, 3.05) is 0 Å². The maximum atomic E-state index is 12.2. The molecule has 3 aromatic carbocycles. The summed E-state index contributed by atoms with van der Waals surface area (Å²) in [5, 5.41) is 11.9. The van der Waals surface area contributed by atoms with E-state index in [2.05, 4.69) is 37.2 Å². The molecule has 0 radical (unpaired) electrons. The predicted octanol–water partition coefficient (Wildman–Crippen LogP) is 5.79. The lowest BCUT2D eigenvalue weighted by atomic mass is 10.1. The second-order valence-corrected chi connectivity index (χ2v) is 8.09.